The molecule has 5 heteroatoms. The van der Waals surface area contributed by atoms with E-state index in [-0.39, 0.29) is 0 Å². The van der Waals surface area contributed by atoms with Gasteiger partial charge in [-0.2, -0.15) is 0 Å². The van der Waals surface area contributed by atoms with Crippen molar-refractivity contribution < 1.29 is 9.84 Å². The second-order valence-electron chi connectivity index (χ2n) is 6.36. The van der Waals surface area contributed by atoms with Gasteiger partial charge >= 0.3 is 0 Å². The first-order valence-corrected chi connectivity index (χ1v) is 8.37. The summed E-state index contributed by atoms with van der Waals surface area (Å²) in [5, 5.41) is 13.2. The van der Waals surface area contributed by atoms with Crippen molar-refractivity contribution in [2.24, 2.45) is 10.9 Å². The number of nitrogens with one attached hydrogen (secondary N) is 1. The van der Waals surface area contributed by atoms with Crippen LogP contribution in [0.25, 0.3) is 0 Å². The van der Waals surface area contributed by atoms with E-state index in [1.807, 2.05) is 26.0 Å². The number of phenolic OH excluding ortho intramolecular Hbond substituents is 1. The summed E-state index contributed by atoms with van der Waals surface area (Å²) in [6, 6.07) is 4.00. The average Bonchev–Trinajstić information content (AvgIpc) is 3.01. The summed E-state index contributed by atoms with van der Waals surface area (Å²) in [5.74, 6) is 1.88. The molecular weight excluding hydrogens is 290 g/mol. The Morgan fingerprint density at radius 2 is 2.09 bits per heavy atom. The molecule has 1 heterocycles. The normalized spacial score (nSPS) is 18.3. The molecule has 1 aliphatic heterocycles. The van der Waals surface area contributed by atoms with E-state index in [0.29, 0.717) is 18.2 Å². The van der Waals surface area contributed by atoms with Crippen LogP contribution in [0.5, 0.6) is 5.75 Å². The predicted octanol–water partition coefficient (Wildman–Crippen LogP) is 2.44. The maximum absolute atomic E-state index is 9.87. The fraction of sp³-hybridized carbons (Fsp3) is 0.611. The van der Waals surface area contributed by atoms with Crippen LogP contribution in [-0.2, 0) is 11.3 Å². The van der Waals surface area contributed by atoms with Gasteiger partial charge in [0.05, 0.1) is 13.2 Å². The number of rotatable bonds is 5. The number of benzene rings is 1. The summed E-state index contributed by atoms with van der Waals surface area (Å²) in [5.41, 5.74) is 2.92. The minimum Gasteiger partial charge on any atom is -0.507 e. The molecule has 128 valence electrons. The third kappa shape index (κ3) is 4.86. The molecule has 0 saturated carbocycles. The van der Waals surface area contributed by atoms with E-state index >= 15 is 0 Å². The van der Waals surface area contributed by atoms with Crippen LogP contribution in [0.2, 0.25) is 0 Å². The zero-order chi connectivity index (χ0) is 16.8. The van der Waals surface area contributed by atoms with Gasteiger partial charge in [0.2, 0.25) is 0 Å². The highest BCUT2D eigenvalue weighted by Crippen LogP contribution is 2.23. The summed E-state index contributed by atoms with van der Waals surface area (Å²) < 4.78 is 5.45. The standard InChI is InChI=1S/C18H29N3O2/c1-5-19-18(21(4)11-15-6-7-23-12-15)20-10-16-8-13(2)17(22)14(3)9-16/h8-9,15,22H,5-7,10-12H2,1-4H3,(H,19,20). The molecule has 1 saturated heterocycles. The number of hydrogen-bond acceptors (Lipinski definition) is 3. The van der Waals surface area contributed by atoms with Crippen molar-refractivity contribution in [2.75, 3.05) is 33.4 Å². The number of hydrogen-bond donors (Lipinski definition) is 2. The first-order chi connectivity index (χ1) is 11.0. The molecule has 5 nitrogen and oxygen atoms in total. The van der Waals surface area contributed by atoms with Gasteiger partial charge in [-0.15, -0.1) is 0 Å². The molecule has 1 atom stereocenters. The van der Waals surface area contributed by atoms with Gasteiger partial charge in [0.15, 0.2) is 5.96 Å². The highest BCUT2D eigenvalue weighted by Gasteiger charge is 2.19. The van der Waals surface area contributed by atoms with E-state index in [9.17, 15) is 5.11 Å². The Morgan fingerprint density at radius 3 is 2.65 bits per heavy atom. The van der Waals surface area contributed by atoms with E-state index in [0.717, 1.165) is 55.4 Å². The maximum Gasteiger partial charge on any atom is 0.193 e. The minimum atomic E-state index is 0.378. The van der Waals surface area contributed by atoms with Gasteiger partial charge < -0.3 is 20.1 Å². The molecule has 0 radical (unpaired) electrons. The van der Waals surface area contributed by atoms with Gasteiger partial charge in [-0.05, 0) is 43.9 Å². The van der Waals surface area contributed by atoms with Crippen LogP contribution in [0, 0.1) is 19.8 Å². The molecule has 0 amide bonds. The highest BCUT2D eigenvalue weighted by molar-refractivity contribution is 5.79. The van der Waals surface area contributed by atoms with Crippen molar-refractivity contribution in [1.82, 2.24) is 10.2 Å². The van der Waals surface area contributed by atoms with Crippen LogP contribution in [0.4, 0.5) is 0 Å². The Bertz CT molecular complexity index is 528. The molecule has 2 rings (SSSR count). The van der Waals surface area contributed by atoms with Gasteiger partial charge in [0, 0.05) is 32.7 Å². The van der Waals surface area contributed by atoms with Crippen LogP contribution in [0.15, 0.2) is 17.1 Å². The van der Waals surface area contributed by atoms with Gasteiger partial charge in [-0.25, -0.2) is 4.99 Å². The van der Waals surface area contributed by atoms with Crippen molar-refractivity contribution in [3.8, 4) is 5.75 Å². The fourth-order valence-electron chi connectivity index (χ4n) is 2.97. The number of ether oxygens (including phenoxy) is 1. The lowest BCUT2D eigenvalue weighted by Crippen LogP contribution is -2.41. The van der Waals surface area contributed by atoms with Crippen LogP contribution < -0.4 is 5.32 Å². The molecule has 2 N–H and O–H groups in total. The van der Waals surface area contributed by atoms with Crippen molar-refractivity contribution in [2.45, 2.75) is 33.7 Å². The van der Waals surface area contributed by atoms with Gasteiger partial charge in [-0.3, -0.25) is 0 Å². The second-order valence-corrected chi connectivity index (χ2v) is 6.36. The van der Waals surface area contributed by atoms with Crippen LogP contribution in [0.1, 0.15) is 30.0 Å². The number of aliphatic imine (C=N–C) groups is 1. The Hall–Kier alpha value is -1.75. The van der Waals surface area contributed by atoms with Gasteiger partial charge in [0.1, 0.15) is 5.75 Å². The van der Waals surface area contributed by atoms with Crippen LogP contribution in [-0.4, -0.2) is 49.3 Å². The number of nitrogens with zero attached hydrogens (tertiary/aromatic N) is 2. The number of aromatic hydroxyl groups is 1. The number of guanidine groups is 1. The maximum atomic E-state index is 9.87. The van der Waals surface area contributed by atoms with Gasteiger partial charge in [0.25, 0.3) is 0 Å². The lowest BCUT2D eigenvalue weighted by molar-refractivity contribution is 0.181. The van der Waals surface area contributed by atoms with Crippen molar-refractivity contribution >= 4 is 5.96 Å². The lowest BCUT2D eigenvalue weighted by atomic mass is 10.1. The first-order valence-electron chi connectivity index (χ1n) is 8.37. The molecule has 0 aliphatic carbocycles. The van der Waals surface area contributed by atoms with E-state index in [1.165, 1.54) is 0 Å². The minimum absolute atomic E-state index is 0.378. The highest BCUT2D eigenvalue weighted by atomic mass is 16.5. The summed E-state index contributed by atoms with van der Waals surface area (Å²) in [7, 11) is 2.08. The van der Waals surface area contributed by atoms with Crippen molar-refractivity contribution in [3.63, 3.8) is 0 Å². The van der Waals surface area contributed by atoms with Crippen molar-refractivity contribution in [1.29, 1.82) is 0 Å². The van der Waals surface area contributed by atoms with Crippen LogP contribution in [0.3, 0.4) is 0 Å². The van der Waals surface area contributed by atoms with E-state index in [2.05, 4.69) is 24.2 Å². The molecule has 1 unspecified atom stereocenters. The third-order valence-electron chi connectivity index (χ3n) is 4.21. The Morgan fingerprint density at radius 1 is 1.39 bits per heavy atom. The SMILES string of the molecule is CCNC(=NCc1cc(C)c(O)c(C)c1)N(C)CC1CCOC1. The zero-order valence-electron chi connectivity index (χ0n) is 14.7. The number of aryl methyl sites for hydroxylation is 2. The predicted molar refractivity (Wildman–Crippen MR) is 94.0 cm³/mol. The zero-order valence-corrected chi connectivity index (χ0v) is 14.7. The fourth-order valence-corrected chi connectivity index (χ4v) is 2.97. The average molecular weight is 319 g/mol. The molecule has 0 bridgehead atoms. The van der Waals surface area contributed by atoms with Crippen molar-refractivity contribution in [3.05, 3.63) is 28.8 Å². The number of phenols is 1. The lowest BCUT2D eigenvalue weighted by Gasteiger charge is -2.24. The smallest absolute Gasteiger partial charge is 0.193 e. The monoisotopic (exact) mass is 319 g/mol. The van der Waals surface area contributed by atoms with E-state index in [1.54, 1.807) is 0 Å². The molecule has 1 aromatic rings. The summed E-state index contributed by atoms with van der Waals surface area (Å²) in [4.78, 5) is 6.93. The quantitative estimate of drug-likeness (QED) is 0.646. The first kappa shape index (κ1) is 17.6. The topological polar surface area (TPSA) is 57.1 Å². The molecule has 0 aromatic heterocycles. The molecule has 1 fully saturated rings. The summed E-state index contributed by atoms with van der Waals surface area (Å²) in [6.07, 6.45) is 1.13. The summed E-state index contributed by atoms with van der Waals surface area (Å²) in [6.45, 7) is 10.1. The van der Waals surface area contributed by atoms with Crippen LogP contribution >= 0.6 is 0 Å². The molecular formula is C18H29N3O2. The Balaban J connectivity index is 2.05. The third-order valence-corrected chi connectivity index (χ3v) is 4.21. The van der Waals surface area contributed by atoms with E-state index in [4.69, 9.17) is 9.73 Å². The molecule has 1 aromatic carbocycles. The summed E-state index contributed by atoms with van der Waals surface area (Å²) >= 11 is 0. The van der Waals surface area contributed by atoms with E-state index < -0.39 is 0 Å². The Labute approximate surface area is 139 Å². The molecule has 1 aliphatic rings. The second kappa shape index (κ2) is 8.20. The molecule has 23 heavy (non-hydrogen) atoms. The largest absolute Gasteiger partial charge is 0.507 e. The molecule has 0 spiro atoms. The Kier molecular flexibility index (Phi) is 6.28. The van der Waals surface area contributed by atoms with Gasteiger partial charge in [-0.1, -0.05) is 12.1 Å².